The minimum atomic E-state index is -0.254. The summed E-state index contributed by atoms with van der Waals surface area (Å²) in [6, 6.07) is -0.253. The summed E-state index contributed by atoms with van der Waals surface area (Å²) >= 11 is 0. The van der Waals surface area contributed by atoms with Crippen molar-refractivity contribution in [3.63, 3.8) is 0 Å². The van der Waals surface area contributed by atoms with E-state index in [9.17, 15) is 0 Å². The Morgan fingerprint density at radius 1 is 1.50 bits per heavy atom. The van der Waals surface area contributed by atoms with Crippen LogP contribution in [0.5, 0.6) is 0 Å². The lowest BCUT2D eigenvalue weighted by molar-refractivity contribution is 0.0818. The number of hydrogen-bond donors (Lipinski definition) is 1. The molecule has 2 atom stereocenters. The zero-order chi connectivity index (χ0) is 11.8. The quantitative estimate of drug-likeness (QED) is 0.535. The number of allylic oxidation sites excluding steroid dienone is 1. The second kappa shape index (κ2) is 7.18. The highest BCUT2D eigenvalue weighted by Gasteiger charge is 2.14. The smallest absolute Gasteiger partial charge is 0.138 e. The highest BCUT2D eigenvalue weighted by atomic mass is 16.5. The van der Waals surface area contributed by atoms with Crippen LogP contribution in [0.25, 0.3) is 0 Å². The third-order valence-corrected chi connectivity index (χ3v) is 2.12. The third-order valence-electron chi connectivity index (χ3n) is 2.12. The first-order valence-corrected chi connectivity index (χ1v) is 5.41. The summed E-state index contributed by atoms with van der Waals surface area (Å²) in [4.78, 5) is 6.12. The highest BCUT2D eigenvalue weighted by Crippen LogP contribution is 1.98. The average molecular weight is 221 g/mol. The minimum absolute atomic E-state index is 0.253. The van der Waals surface area contributed by atoms with E-state index in [2.05, 4.69) is 21.7 Å². The van der Waals surface area contributed by atoms with Crippen LogP contribution in [0.2, 0.25) is 0 Å². The topological polar surface area (TPSA) is 50.8 Å². The van der Waals surface area contributed by atoms with Crippen LogP contribution in [0.3, 0.4) is 0 Å². The summed E-state index contributed by atoms with van der Waals surface area (Å²) in [7, 11) is 4.08. The Morgan fingerprint density at radius 2 is 2.31 bits per heavy atom. The summed E-state index contributed by atoms with van der Waals surface area (Å²) < 4.78 is 5.63. The molecule has 0 fully saturated rings. The van der Waals surface area contributed by atoms with Gasteiger partial charge in [0.05, 0.1) is 6.04 Å². The van der Waals surface area contributed by atoms with Gasteiger partial charge >= 0.3 is 0 Å². The van der Waals surface area contributed by atoms with Gasteiger partial charge in [-0.05, 0) is 27.1 Å². The van der Waals surface area contributed by atoms with Crippen molar-refractivity contribution in [2.45, 2.75) is 18.6 Å². The van der Waals surface area contributed by atoms with Crippen LogP contribution in [0.15, 0.2) is 17.3 Å². The molecule has 4 nitrogen and oxygen atoms in total. The van der Waals surface area contributed by atoms with Crippen molar-refractivity contribution < 1.29 is 4.74 Å². The highest BCUT2D eigenvalue weighted by molar-refractivity contribution is 5.67. The van der Waals surface area contributed by atoms with Crippen LogP contribution in [-0.2, 0) is 4.74 Å². The first-order chi connectivity index (χ1) is 7.70. The van der Waals surface area contributed by atoms with E-state index in [0.717, 1.165) is 13.0 Å². The van der Waals surface area contributed by atoms with Crippen molar-refractivity contribution in [1.29, 1.82) is 0 Å². The van der Waals surface area contributed by atoms with E-state index in [1.807, 2.05) is 14.1 Å². The Labute approximate surface area is 97.2 Å². The third kappa shape index (κ3) is 5.08. The molecule has 0 aliphatic carbocycles. The fourth-order valence-electron chi connectivity index (χ4n) is 1.28. The van der Waals surface area contributed by atoms with Crippen LogP contribution in [0.1, 0.15) is 6.42 Å². The van der Waals surface area contributed by atoms with Gasteiger partial charge in [-0.1, -0.05) is 11.8 Å². The van der Waals surface area contributed by atoms with Crippen LogP contribution >= 0.6 is 0 Å². The van der Waals surface area contributed by atoms with Gasteiger partial charge in [-0.15, -0.1) is 0 Å². The van der Waals surface area contributed by atoms with Crippen molar-refractivity contribution in [1.82, 2.24) is 4.90 Å². The maximum absolute atomic E-state index is 5.87. The SMILES string of the molecule is CN(C)CCCOC1C#C/C=C\N=CC1N. The molecule has 0 aromatic heterocycles. The van der Waals surface area contributed by atoms with Crippen molar-refractivity contribution in [2.24, 2.45) is 10.7 Å². The molecule has 1 heterocycles. The summed E-state index contributed by atoms with van der Waals surface area (Å²) in [6.07, 6.45) is 5.72. The van der Waals surface area contributed by atoms with Crippen LogP contribution < -0.4 is 5.73 Å². The summed E-state index contributed by atoms with van der Waals surface area (Å²) in [5, 5.41) is 0. The van der Waals surface area contributed by atoms with Gasteiger partial charge in [0.25, 0.3) is 0 Å². The molecule has 0 bridgehead atoms. The number of nitrogens with zero attached hydrogens (tertiary/aromatic N) is 2. The zero-order valence-electron chi connectivity index (χ0n) is 9.89. The van der Waals surface area contributed by atoms with Crippen LogP contribution in [0.4, 0.5) is 0 Å². The van der Waals surface area contributed by atoms with Crippen molar-refractivity contribution in [2.75, 3.05) is 27.2 Å². The van der Waals surface area contributed by atoms with Gasteiger partial charge in [0.15, 0.2) is 0 Å². The molecule has 2 unspecified atom stereocenters. The molecular weight excluding hydrogens is 202 g/mol. The van der Waals surface area contributed by atoms with Gasteiger partial charge in [0.2, 0.25) is 0 Å². The molecular formula is C12H19N3O. The van der Waals surface area contributed by atoms with E-state index < -0.39 is 0 Å². The van der Waals surface area contributed by atoms with Crippen molar-refractivity contribution >= 4 is 6.21 Å². The number of ether oxygens (including phenoxy) is 1. The van der Waals surface area contributed by atoms with E-state index in [1.54, 1.807) is 18.5 Å². The van der Waals surface area contributed by atoms with Gasteiger partial charge in [-0.2, -0.15) is 0 Å². The lowest BCUT2D eigenvalue weighted by Crippen LogP contribution is -2.37. The summed E-state index contributed by atoms with van der Waals surface area (Å²) in [5.41, 5.74) is 5.87. The van der Waals surface area contributed by atoms with Gasteiger partial charge in [-0.25, -0.2) is 0 Å². The van der Waals surface area contributed by atoms with Crippen molar-refractivity contribution in [3.8, 4) is 11.8 Å². The average Bonchev–Trinajstić information content (AvgIpc) is 2.21. The standard InChI is InChI=1S/C12H19N3O/c1-15(2)8-5-9-16-12-6-3-4-7-14-10-11(12)13/h4,7,10-12H,5,8-9,13H2,1-2H3/b7-4-,14-10?. The Hall–Kier alpha value is -1.15. The van der Waals surface area contributed by atoms with Crippen molar-refractivity contribution in [3.05, 3.63) is 12.3 Å². The lowest BCUT2D eigenvalue weighted by atomic mass is 10.2. The molecule has 0 spiro atoms. The molecule has 88 valence electrons. The molecule has 0 saturated carbocycles. The lowest BCUT2D eigenvalue weighted by Gasteiger charge is -2.17. The molecule has 2 N–H and O–H groups in total. The maximum atomic E-state index is 5.87. The number of aliphatic imine (C=N–C) groups is 1. The minimum Gasteiger partial charge on any atom is -0.363 e. The van der Waals surface area contributed by atoms with E-state index in [0.29, 0.717) is 6.61 Å². The predicted octanol–water partition coefficient (Wildman–Crippen LogP) is 0.252. The van der Waals surface area contributed by atoms with Gasteiger partial charge < -0.3 is 15.4 Å². The number of rotatable bonds is 5. The van der Waals surface area contributed by atoms with Crippen LogP contribution in [-0.4, -0.2) is 50.5 Å². The number of hydrogen-bond acceptors (Lipinski definition) is 4. The Kier molecular flexibility index (Phi) is 5.79. The van der Waals surface area contributed by atoms with Crippen LogP contribution in [0, 0.1) is 11.8 Å². The zero-order valence-corrected chi connectivity index (χ0v) is 9.89. The fourth-order valence-corrected chi connectivity index (χ4v) is 1.28. The second-order valence-corrected chi connectivity index (χ2v) is 3.93. The predicted molar refractivity (Wildman–Crippen MR) is 66.3 cm³/mol. The Bertz CT molecular complexity index is 312. The maximum Gasteiger partial charge on any atom is 0.138 e. The normalized spacial score (nSPS) is 25.8. The molecule has 1 aliphatic heterocycles. The van der Waals surface area contributed by atoms with Gasteiger partial charge in [0, 0.05) is 25.1 Å². The molecule has 0 aromatic rings. The molecule has 16 heavy (non-hydrogen) atoms. The molecule has 0 aromatic carbocycles. The summed E-state index contributed by atoms with van der Waals surface area (Å²) in [5.74, 6) is 5.83. The first kappa shape index (κ1) is 12.9. The monoisotopic (exact) mass is 221 g/mol. The second-order valence-electron chi connectivity index (χ2n) is 3.93. The van der Waals surface area contributed by atoms with E-state index in [-0.39, 0.29) is 12.1 Å². The molecule has 0 saturated heterocycles. The molecule has 1 rings (SSSR count). The number of nitrogens with two attached hydrogens (primary N) is 1. The first-order valence-electron chi connectivity index (χ1n) is 5.41. The largest absolute Gasteiger partial charge is 0.363 e. The Morgan fingerprint density at radius 3 is 3.06 bits per heavy atom. The molecule has 0 amide bonds. The molecule has 1 aliphatic rings. The molecule has 4 heteroatoms. The van der Waals surface area contributed by atoms with E-state index >= 15 is 0 Å². The fraction of sp³-hybridized carbons (Fsp3) is 0.583. The Balaban J connectivity index is 2.34. The van der Waals surface area contributed by atoms with E-state index in [1.165, 1.54) is 0 Å². The van der Waals surface area contributed by atoms with E-state index in [4.69, 9.17) is 10.5 Å². The van der Waals surface area contributed by atoms with Gasteiger partial charge in [-0.3, -0.25) is 4.99 Å². The van der Waals surface area contributed by atoms with Gasteiger partial charge in [0.1, 0.15) is 6.10 Å². The summed E-state index contributed by atoms with van der Waals surface area (Å²) in [6.45, 7) is 1.67. The molecule has 0 radical (unpaired) electrons.